The summed E-state index contributed by atoms with van der Waals surface area (Å²) in [5.74, 6) is -0.259. The average molecular weight is 350 g/mol. The first kappa shape index (κ1) is 17.4. The number of carbonyl (C=O) groups is 1. The minimum absolute atomic E-state index is 0.120. The van der Waals surface area contributed by atoms with E-state index < -0.39 is 4.92 Å². The summed E-state index contributed by atoms with van der Waals surface area (Å²) in [6.45, 7) is 1.87. The molecule has 1 amide bonds. The first-order chi connectivity index (χ1) is 12.5. The molecule has 0 radical (unpaired) electrons. The number of benzene rings is 3. The minimum Gasteiger partial charge on any atom is -0.490 e. The summed E-state index contributed by atoms with van der Waals surface area (Å²) in [5, 5.41) is 16.2. The van der Waals surface area contributed by atoms with Gasteiger partial charge in [0.15, 0.2) is 5.75 Å². The molecule has 0 heterocycles. The summed E-state index contributed by atoms with van der Waals surface area (Å²) in [6.07, 6.45) is 0. The lowest BCUT2D eigenvalue weighted by molar-refractivity contribution is -0.385. The van der Waals surface area contributed by atoms with E-state index in [4.69, 9.17) is 4.74 Å². The molecule has 0 saturated carbocycles. The second-order valence-corrected chi connectivity index (χ2v) is 5.95. The molecule has 0 aliphatic rings. The number of amides is 1. The zero-order chi connectivity index (χ0) is 18.7. The topological polar surface area (TPSA) is 81.5 Å². The monoisotopic (exact) mass is 350 g/mol. The van der Waals surface area contributed by atoms with Crippen LogP contribution in [0, 0.1) is 10.1 Å². The number of methoxy groups -OCH3 is 1. The maximum Gasteiger partial charge on any atom is 0.311 e. The third-order valence-corrected chi connectivity index (χ3v) is 4.26. The van der Waals surface area contributed by atoms with Crippen molar-refractivity contribution in [3.63, 3.8) is 0 Å². The molecule has 0 spiro atoms. The van der Waals surface area contributed by atoms with Crippen LogP contribution in [-0.2, 0) is 0 Å². The van der Waals surface area contributed by atoms with Crippen LogP contribution in [0.1, 0.15) is 28.9 Å². The van der Waals surface area contributed by atoms with Gasteiger partial charge in [0.1, 0.15) is 0 Å². The molecule has 0 fully saturated rings. The second kappa shape index (κ2) is 7.23. The number of fused-ring (bicyclic) bond motifs is 1. The molecule has 0 saturated heterocycles. The molecule has 3 rings (SSSR count). The van der Waals surface area contributed by atoms with E-state index in [0.717, 1.165) is 16.3 Å². The molecule has 1 atom stereocenters. The van der Waals surface area contributed by atoms with Gasteiger partial charge in [0.25, 0.3) is 5.91 Å². The van der Waals surface area contributed by atoms with Crippen LogP contribution in [0.5, 0.6) is 5.75 Å². The highest BCUT2D eigenvalue weighted by molar-refractivity contribution is 5.95. The summed E-state index contributed by atoms with van der Waals surface area (Å²) >= 11 is 0. The summed E-state index contributed by atoms with van der Waals surface area (Å²) in [6, 6.07) is 17.9. The smallest absolute Gasteiger partial charge is 0.311 e. The van der Waals surface area contributed by atoms with Crippen molar-refractivity contribution in [3.05, 3.63) is 81.9 Å². The highest BCUT2D eigenvalue weighted by atomic mass is 16.6. The van der Waals surface area contributed by atoms with Crippen molar-refractivity contribution in [3.8, 4) is 5.75 Å². The first-order valence-corrected chi connectivity index (χ1v) is 8.11. The lowest BCUT2D eigenvalue weighted by Gasteiger charge is -2.15. The predicted octanol–water partition coefficient (Wildman–Crippen LogP) is 4.25. The Morgan fingerprint density at radius 2 is 1.81 bits per heavy atom. The molecule has 0 aliphatic carbocycles. The first-order valence-electron chi connectivity index (χ1n) is 8.11. The van der Waals surface area contributed by atoms with Crippen molar-refractivity contribution in [1.29, 1.82) is 0 Å². The van der Waals surface area contributed by atoms with Gasteiger partial charge < -0.3 is 10.1 Å². The van der Waals surface area contributed by atoms with Gasteiger partial charge in [-0.1, -0.05) is 36.4 Å². The zero-order valence-corrected chi connectivity index (χ0v) is 14.4. The van der Waals surface area contributed by atoms with Crippen LogP contribution in [0.15, 0.2) is 60.7 Å². The van der Waals surface area contributed by atoms with Crippen LogP contribution in [0.25, 0.3) is 10.8 Å². The normalized spacial score (nSPS) is 11.8. The molecule has 26 heavy (non-hydrogen) atoms. The Morgan fingerprint density at radius 1 is 1.08 bits per heavy atom. The van der Waals surface area contributed by atoms with Crippen LogP contribution in [-0.4, -0.2) is 17.9 Å². The molecule has 0 aromatic heterocycles. The number of hydrogen-bond donors (Lipinski definition) is 1. The summed E-state index contributed by atoms with van der Waals surface area (Å²) in [4.78, 5) is 23.0. The quantitative estimate of drug-likeness (QED) is 0.551. The van der Waals surface area contributed by atoms with Gasteiger partial charge in [0, 0.05) is 11.6 Å². The van der Waals surface area contributed by atoms with Crippen molar-refractivity contribution in [1.82, 2.24) is 5.32 Å². The van der Waals surface area contributed by atoms with Gasteiger partial charge in [0.05, 0.1) is 18.1 Å². The second-order valence-electron chi connectivity index (χ2n) is 5.95. The van der Waals surface area contributed by atoms with E-state index >= 15 is 0 Å². The third kappa shape index (κ3) is 3.49. The number of nitrogens with zero attached hydrogens (tertiary/aromatic N) is 1. The van der Waals surface area contributed by atoms with Crippen molar-refractivity contribution in [2.45, 2.75) is 13.0 Å². The van der Waals surface area contributed by atoms with Crippen LogP contribution >= 0.6 is 0 Å². The van der Waals surface area contributed by atoms with Gasteiger partial charge in [0.2, 0.25) is 0 Å². The Morgan fingerprint density at radius 3 is 2.50 bits per heavy atom. The molecule has 0 unspecified atom stereocenters. The Hall–Kier alpha value is -3.41. The van der Waals surface area contributed by atoms with Crippen LogP contribution in [0.4, 0.5) is 5.69 Å². The van der Waals surface area contributed by atoms with Crippen LogP contribution in [0.3, 0.4) is 0 Å². The van der Waals surface area contributed by atoms with Crippen molar-refractivity contribution >= 4 is 22.4 Å². The molecule has 6 heteroatoms. The van der Waals surface area contributed by atoms with E-state index in [2.05, 4.69) is 5.32 Å². The molecule has 6 nitrogen and oxygen atoms in total. The maximum absolute atomic E-state index is 12.5. The number of carbonyl (C=O) groups excluding carboxylic acids is 1. The number of hydrogen-bond acceptors (Lipinski definition) is 4. The van der Waals surface area contributed by atoms with Crippen molar-refractivity contribution in [2.24, 2.45) is 0 Å². The molecule has 0 aliphatic heterocycles. The molecule has 1 N–H and O–H groups in total. The van der Waals surface area contributed by atoms with Gasteiger partial charge in [-0.2, -0.15) is 0 Å². The number of rotatable bonds is 5. The molecule has 3 aromatic rings. The molecular formula is C20H18N2O4. The third-order valence-electron chi connectivity index (χ3n) is 4.26. The van der Waals surface area contributed by atoms with Gasteiger partial charge >= 0.3 is 5.69 Å². The van der Waals surface area contributed by atoms with Crippen LogP contribution in [0.2, 0.25) is 0 Å². The van der Waals surface area contributed by atoms with Gasteiger partial charge in [-0.25, -0.2) is 0 Å². The standard InChI is InChI=1S/C20H18N2O4/c1-13(15-8-7-14-5-3-4-6-16(14)11-15)21-20(23)17-9-10-19(26-2)18(12-17)22(24)25/h3-13H,1-2H3,(H,21,23)/t13-/m0/s1. The summed E-state index contributed by atoms with van der Waals surface area (Å²) in [7, 11) is 1.35. The fourth-order valence-electron chi connectivity index (χ4n) is 2.81. The lowest BCUT2D eigenvalue weighted by Crippen LogP contribution is -2.26. The largest absolute Gasteiger partial charge is 0.490 e. The van der Waals surface area contributed by atoms with Gasteiger partial charge in [-0.15, -0.1) is 0 Å². The van der Waals surface area contributed by atoms with Gasteiger partial charge in [-0.3, -0.25) is 14.9 Å². The molecule has 132 valence electrons. The lowest BCUT2D eigenvalue weighted by atomic mass is 10.0. The fourth-order valence-corrected chi connectivity index (χ4v) is 2.81. The molecule has 3 aromatic carbocycles. The molecule has 0 bridgehead atoms. The average Bonchev–Trinajstić information content (AvgIpc) is 2.66. The predicted molar refractivity (Wildman–Crippen MR) is 99.5 cm³/mol. The van der Waals surface area contributed by atoms with E-state index in [1.807, 2.05) is 49.4 Å². The van der Waals surface area contributed by atoms with Crippen LogP contribution < -0.4 is 10.1 Å². The Kier molecular flexibility index (Phi) is 4.84. The van der Waals surface area contributed by atoms with E-state index in [0.29, 0.717) is 0 Å². The zero-order valence-electron chi connectivity index (χ0n) is 14.4. The number of ether oxygens (including phenoxy) is 1. The SMILES string of the molecule is COc1ccc(C(=O)N[C@@H](C)c2ccc3ccccc3c2)cc1[N+](=O)[O-]. The highest BCUT2D eigenvalue weighted by Gasteiger charge is 2.19. The van der Waals surface area contributed by atoms with E-state index in [1.54, 1.807) is 0 Å². The molecular weight excluding hydrogens is 332 g/mol. The Bertz CT molecular complexity index is 984. The number of nitro benzene ring substituents is 1. The van der Waals surface area contributed by atoms with Crippen molar-refractivity contribution in [2.75, 3.05) is 7.11 Å². The van der Waals surface area contributed by atoms with Gasteiger partial charge in [-0.05, 0) is 41.5 Å². The summed E-state index contributed by atoms with van der Waals surface area (Å²) < 4.78 is 4.96. The maximum atomic E-state index is 12.5. The fraction of sp³-hybridized carbons (Fsp3) is 0.150. The Labute approximate surface area is 150 Å². The number of nitrogens with one attached hydrogen (secondary N) is 1. The van der Waals surface area contributed by atoms with E-state index in [1.165, 1.54) is 25.3 Å². The summed E-state index contributed by atoms with van der Waals surface area (Å²) in [5.41, 5.74) is 0.934. The minimum atomic E-state index is -0.567. The van der Waals surface area contributed by atoms with E-state index in [9.17, 15) is 14.9 Å². The van der Waals surface area contributed by atoms with Crippen molar-refractivity contribution < 1.29 is 14.5 Å². The highest BCUT2D eigenvalue weighted by Crippen LogP contribution is 2.28. The Balaban J connectivity index is 1.82. The van der Waals surface area contributed by atoms with E-state index in [-0.39, 0.29) is 28.9 Å². The number of nitro groups is 1.